The van der Waals surface area contributed by atoms with E-state index in [1.807, 2.05) is 12.1 Å². The number of methoxy groups -OCH3 is 1. The number of hydrogen-bond acceptors (Lipinski definition) is 3. The summed E-state index contributed by atoms with van der Waals surface area (Å²) in [7, 11) is 1.73. The topological polar surface area (TPSA) is 21.3 Å². The zero-order chi connectivity index (χ0) is 14.8. The quantitative estimate of drug-likeness (QED) is 0.661. The van der Waals surface area contributed by atoms with Gasteiger partial charge in [-0.3, -0.25) is 0 Å². The minimum absolute atomic E-state index is 0.128. The van der Waals surface area contributed by atoms with Crippen LogP contribution in [0.4, 0.5) is 4.39 Å². The van der Waals surface area contributed by atoms with Crippen LogP contribution in [-0.4, -0.2) is 32.1 Å². The Balaban J connectivity index is 2.53. The summed E-state index contributed by atoms with van der Waals surface area (Å²) in [6, 6.07) is 7.36. The second kappa shape index (κ2) is 10.2. The SMILES string of the molecule is CCCNC(CSc1ccccc1F)C(C)CCOC. The normalized spacial score (nSPS) is 14.2. The molecule has 4 heteroatoms. The Morgan fingerprint density at radius 2 is 2.10 bits per heavy atom. The van der Waals surface area contributed by atoms with Gasteiger partial charge < -0.3 is 10.1 Å². The highest BCUT2D eigenvalue weighted by molar-refractivity contribution is 7.99. The molecule has 0 heterocycles. The van der Waals surface area contributed by atoms with Crippen LogP contribution in [0.2, 0.25) is 0 Å². The van der Waals surface area contributed by atoms with E-state index in [1.54, 1.807) is 24.9 Å². The molecule has 0 saturated heterocycles. The summed E-state index contributed by atoms with van der Waals surface area (Å²) in [5.74, 6) is 1.27. The lowest BCUT2D eigenvalue weighted by Crippen LogP contribution is -2.38. The van der Waals surface area contributed by atoms with E-state index in [4.69, 9.17) is 4.74 Å². The first kappa shape index (κ1) is 17.5. The lowest BCUT2D eigenvalue weighted by molar-refractivity contribution is 0.172. The first-order chi connectivity index (χ1) is 9.69. The van der Waals surface area contributed by atoms with Gasteiger partial charge >= 0.3 is 0 Å². The van der Waals surface area contributed by atoms with Gasteiger partial charge in [-0.15, -0.1) is 11.8 Å². The standard InChI is InChI=1S/C16H26FNOS/c1-4-10-18-15(13(2)9-11-19-3)12-20-16-8-6-5-7-14(16)17/h5-8,13,15,18H,4,9-12H2,1-3H3. The molecule has 0 aliphatic rings. The van der Waals surface area contributed by atoms with Crippen LogP contribution >= 0.6 is 11.8 Å². The monoisotopic (exact) mass is 299 g/mol. The first-order valence-corrected chi connectivity index (χ1v) is 8.27. The second-order valence-corrected chi connectivity index (χ2v) is 6.12. The molecule has 0 fully saturated rings. The average Bonchev–Trinajstić information content (AvgIpc) is 2.46. The Labute approximate surface area is 126 Å². The summed E-state index contributed by atoms with van der Waals surface area (Å²) >= 11 is 1.59. The van der Waals surface area contributed by atoms with E-state index in [1.165, 1.54) is 6.07 Å². The fourth-order valence-corrected chi connectivity index (χ4v) is 3.19. The fraction of sp³-hybridized carbons (Fsp3) is 0.625. The third kappa shape index (κ3) is 6.25. The molecule has 20 heavy (non-hydrogen) atoms. The van der Waals surface area contributed by atoms with Crippen LogP contribution in [0.25, 0.3) is 0 Å². The molecular formula is C16H26FNOS. The predicted octanol–water partition coefficient (Wildman–Crippen LogP) is 3.96. The van der Waals surface area contributed by atoms with E-state index in [9.17, 15) is 4.39 Å². The number of rotatable bonds is 10. The Morgan fingerprint density at radius 3 is 2.75 bits per heavy atom. The van der Waals surface area contributed by atoms with Gasteiger partial charge in [0.1, 0.15) is 5.82 Å². The van der Waals surface area contributed by atoms with Crippen molar-refractivity contribution in [1.29, 1.82) is 0 Å². The molecule has 0 aliphatic carbocycles. The lowest BCUT2D eigenvalue weighted by Gasteiger charge is -2.25. The Hall–Kier alpha value is -0.580. The first-order valence-electron chi connectivity index (χ1n) is 7.28. The molecule has 0 radical (unpaired) electrons. The van der Waals surface area contributed by atoms with E-state index in [0.29, 0.717) is 12.0 Å². The third-order valence-electron chi connectivity index (χ3n) is 3.38. The van der Waals surface area contributed by atoms with Crippen LogP contribution in [0.5, 0.6) is 0 Å². The van der Waals surface area contributed by atoms with Gasteiger partial charge in [0.05, 0.1) is 0 Å². The molecule has 0 aromatic heterocycles. The number of halogens is 1. The maximum atomic E-state index is 13.6. The van der Waals surface area contributed by atoms with Crippen molar-refractivity contribution < 1.29 is 9.13 Å². The molecule has 1 aromatic rings. The van der Waals surface area contributed by atoms with Crippen molar-refractivity contribution in [2.45, 2.75) is 37.6 Å². The molecule has 0 amide bonds. The van der Waals surface area contributed by atoms with Crippen LogP contribution in [0.1, 0.15) is 26.7 Å². The van der Waals surface area contributed by atoms with Gasteiger partial charge in [0, 0.05) is 30.4 Å². The molecule has 114 valence electrons. The van der Waals surface area contributed by atoms with Crippen molar-refractivity contribution in [3.05, 3.63) is 30.1 Å². The van der Waals surface area contributed by atoms with Crippen molar-refractivity contribution in [2.24, 2.45) is 5.92 Å². The maximum absolute atomic E-state index is 13.6. The third-order valence-corrected chi connectivity index (χ3v) is 4.54. The molecule has 2 nitrogen and oxygen atoms in total. The predicted molar refractivity (Wildman–Crippen MR) is 84.9 cm³/mol. The maximum Gasteiger partial charge on any atom is 0.136 e. The summed E-state index contributed by atoms with van der Waals surface area (Å²) in [4.78, 5) is 0.731. The summed E-state index contributed by atoms with van der Waals surface area (Å²) in [6.45, 7) is 6.16. The highest BCUT2D eigenvalue weighted by atomic mass is 32.2. The molecule has 1 N–H and O–H groups in total. The minimum atomic E-state index is -0.128. The van der Waals surface area contributed by atoms with Gasteiger partial charge in [0.15, 0.2) is 0 Å². The minimum Gasteiger partial charge on any atom is -0.385 e. The summed E-state index contributed by atoms with van der Waals surface area (Å²) in [5.41, 5.74) is 0. The van der Waals surface area contributed by atoms with Crippen LogP contribution in [0.15, 0.2) is 29.2 Å². The van der Waals surface area contributed by atoms with Gasteiger partial charge in [-0.25, -0.2) is 4.39 Å². The summed E-state index contributed by atoms with van der Waals surface area (Å²) in [6.07, 6.45) is 2.13. The van der Waals surface area contributed by atoms with Gasteiger partial charge in [-0.05, 0) is 37.4 Å². The van der Waals surface area contributed by atoms with Gasteiger partial charge in [-0.2, -0.15) is 0 Å². The zero-order valence-electron chi connectivity index (χ0n) is 12.7. The van der Waals surface area contributed by atoms with Gasteiger partial charge in [0.25, 0.3) is 0 Å². The van der Waals surface area contributed by atoms with E-state index in [-0.39, 0.29) is 5.82 Å². The van der Waals surface area contributed by atoms with Crippen molar-refractivity contribution >= 4 is 11.8 Å². The van der Waals surface area contributed by atoms with Gasteiger partial charge in [0.2, 0.25) is 0 Å². The number of nitrogens with one attached hydrogen (secondary N) is 1. The van der Waals surface area contributed by atoms with Crippen molar-refractivity contribution in [2.75, 3.05) is 26.0 Å². The van der Waals surface area contributed by atoms with E-state index in [0.717, 1.165) is 36.6 Å². The number of ether oxygens (including phenoxy) is 1. The Kier molecular flexibility index (Phi) is 8.90. The summed E-state index contributed by atoms with van der Waals surface area (Å²) in [5, 5.41) is 3.57. The van der Waals surface area contributed by atoms with Crippen molar-refractivity contribution in [3.63, 3.8) is 0 Å². The molecule has 0 aliphatic heterocycles. The van der Waals surface area contributed by atoms with Crippen molar-refractivity contribution in [3.8, 4) is 0 Å². The highest BCUT2D eigenvalue weighted by Gasteiger charge is 2.17. The molecular weight excluding hydrogens is 273 g/mol. The average molecular weight is 299 g/mol. The summed E-state index contributed by atoms with van der Waals surface area (Å²) < 4.78 is 18.8. The highest BCUT2D eigenvalue weighted by Crippen LogP contribution is 2.24. The fourth-order valence-electron chi connectivity index (χ4n) is 2.00. The molecule has 2 atom stereocenters. The smallest absolute Gasteiger partial charge is 0.136 e. The van der Waals surface area contributed by atoms with E-state index >= 15 is 0 Å². The zero-order valence-corrected chi connectivity index (χ0v) is 13.5. The van der Waals surface area contributed by atoms with E-state index < -0.39 is 0 Å². The molecule has 1 rings (SSSR count). The second-order valence-electron chi connectivity index (χ2n) is 5.06. The molecule has 0 saturated carbocycles. The molecule has 0 spiro atoms. The van der Waals surface area contributed by atoms with Crippen molar-refractivity contribution in [1.82, 2.24) is 5.32 Å². The van der Waals surface area contributed by atoms with E-state index in [2.05, 4.69) is 19.2 Å². The number of thioether (sulfide) groups is 1. The largest absolute Gasteiger partial charge is 0.385 e. The van der Waals surface area contributed by atoms with Crippen LogP contribution in [0, 0.1) is 11.7 Å². The lowest BCUT2D eigenvalue weighted by atomic mass is 10.00. The molecule has 1 aromatic carbocycles. The van der Waals surface area contributed by atoms with Crippen LogP contribution < -0.4 is 5.32 Å². The van der Waals surface area contributed by atoms with Crippen LogP contribution in [-0.2, 0) is 4.74 Å². The molecule has 0 bridgehead atoms. The van der Waals surface area contributed by atoms with Crippen LogP contribution in [0.3, 0.4) is 0 Å². The Bertz CT molecular complexity index is 375. The molecule has 2 unspecified atom stereocenters. The number of benzene rings is 1. The van der Waals surface area contributed by atoms with Gasteiger partial charge in [-0.1, -0.05) is 26.0 Å². The number of hydrogen-bond donors (Lipinski definition) is 1. The Morgan fingerprint density at radius 1 is 1.35 bits per heavy atom.